The third kappa shape index (κ3) is 12.7. The van der Waals surface area contributed by atoms with E-state index in [1.54, 1.807) is 0 Å². The highest BCUT2D eigenvalue weighted by Crippen LogP contribution is 2.44. The van der Waals surface area contributed by atoms with Crippen molar-refractivity contribution in [2.75, 3.05) is 19.8 Å². The van der Waals surface area contributed by atoms with Crippen molar-refractivity contribution in [1.29, 1.82) is 0 Å². The Labute approximate surface area is 188 Å². The predicted octanol–water partition coefficient (Wildman–Crippen LogP) is 7.16. The quantitative estimate of drug-likeness (QED) is 0.422. The minimum absolute atomic E-state index is 0.00494. The third-order valence-electron chi connectivity index (χ3n) is 7.79. The molecule has 30 heavy (non-hydrogen) atoms. The molecule has 0 saturated heterocycles. The van der Waals surface area contributed by atoms with Crippen LogP contribution in [-0.2, 0) is 0 Å². The summed E-state index contributed by atoms with van der Waals surface area (Å²) in [6, 6.07) is 0. The van der Waals surface area contributed by atoms with E-state index in [1.807, 2.05) is 0 Å². The zero-order chi connectivity index (χ0) is 21.8. The van der Waals surface area contributed by atoms with Gasteiger partial charge >= 0.3 is 0 Å². The van der Waals surface area contributed by atoms with Crippen LogP contribution >= 0.6 is 0 Å². The maximum Gasteiger partial charge on any atom is 0.0436 e. The molecule has 180 valence electrons. The monoisotopic (exact) mass is 426 g/mol. The number of rotatable bonds is 6. The van der Waals surface area contributed by atoms with Crippen LogP contribution in [0.25, 0.3) is 0 Å². The van der Waals surface area contributed by atoms with Crippen molar-refractivity contribution in [3.05, 3.63) is 0 Å². The first kappa shape index (κ1) is 27.9. The molecule has 1 unspecified atom stereocenters. The van der Waals surface area contributed by atoms with Gasteiger partial charge in [0.1, 0.15) is 0 Å². The van der Waals surface area contributed by atoms with Crippen LogP contribution in [0, 0.1) is 11.3 Å². The van der Waals surface area contributed by atoms with Gasteiger partial charge in [0.25, 0.3) is 0 Å². The van der Waals surface area contributed by atoms with Gasteiger partial charge < -0.3 is 15.3 Å². The van der Waals surface area contributed by atoms with Gasteiger partial charge in [-0.3, -0.25) is 0 Å². The van der Waals surface area contributed by atoms with Crippen molar-refractivity contribution in [2.24, 2.45) is 11.3 Å². The molecule has 0 radical (unpaired) electrons. The lowest BCUT2D eigenvalue weighted by atomic mass is 9.65. The second-order valence-corrected chi connectivity index (χ2v) is 10.1. The van der Waals surface area contributed by atoms with Gasteiger partial charge in [-0.05, 0) is 43.4 Å². The van der Waals surface area contributed by atoms with Crippen LogP contribution in [0.4, 0.5) is 0 Å². The van der Waals surface area contributed by atoms with Crippen LogP contribution in [0.1, 0.15) is 141 Å². The average molecular weight is 427 g/mol. The Hall–Kier alpha value is -0.120. The molecule has 0 aliphatic heterocycles. The summed E-state index contributed by atoms with van der Waals surface area (Å²) in [5, 5.41) is 29.4. The molecule has 0 spiro atoms. The lowest BCUT2D eigenvalue weighted by molar-refractivity contribution is 0.0382. The summed E-state index contributed by atoms with van der Waals surface area (Å²) in [7, 11) is 0. The van der Waals surface area contributed by atoms with Gasteiger partial charge in [-0.1, -0.05) is 109 Å². The van der Waals surface area contributed by atoms with Gasteiger partial charge in [0.2, 0.25) is 0 Å². The van der Waals surface area contributed by atoms with Crippen LogP contribution in [0.15, 0.2) is 0 Å². The zero-order valence-corrected chi connectivity index (χ0v) is 20.1. The summed E-state index contributed by atoms with van der Waals surface area (Å²) >= 11 is 0. The Bertz CT molecular complexity index is 352. The van der Waals surface area contributed by atoms with Crippen molar-refractivity contribution in [3.8, 4) is 0 Å². The SMILES string of the molecule is OCCC1CCCCCCCCCCCCCCCCCCCC1(CCO)CCO. The highest BCUT2D eigenvalue weighted by atomic mass is 16.3. The van der Waals surface area contributed by atoms with E-state index in [2.05, 4.69) is 0 Å². The fraction of sp³-hybridized carbons (Fsp3) is 1.00. The summed E-state index contributed by atoms with van der Waals surface area (Å²) in [6.07, 6.45) is 27.7. The Morgan fingerprint density at radius 3 is 1.20 bits per heavy atom. The third-order valence-corrected chi connectivity index (χ3v) is 7.79. The molecule has 1 aliphatic carbocycles. The molecule has 0 aromatic rings. The molecular weight excluding hydrogens is 372 g/mol. The van der Waals surface area contributed by atoms with Crippen LogP contribution in [0.5, 0.6) is 0 Å². The van der Waals surface area contributed by atoms with Crippen LogP contribution in [0.3, 0.4) is 0 Å². The fourth-order valence-corrected chi connectivity index (χ4v) is 5.86. The van der Waals surface area contributed by atoms with E-state index in [0.29, 0.717) is 5.92 Å². The van der Waals surface area contributed by atoms with E-state index in [4.69, 9.17) is 0 Å². The van der Waals surface area contributed by atoms with Gasteiger partial charge in [-0.15, -0.1) is 0 Å². The van der Waals surface area contributed by atoms with Gasteiger partial charge in [-0.2, -0.15) is 0 Å². The van der Waals surface area contributed by atoms with E-state index in [0.717, 1.165) is 32.1 Å². The van der Waals surface area contributed by atoms with E-state index in [9.17, 15) is 15.3 Å². The largest absolute Gasteiger partial charge is 0.396 e. The smallest absolute Gasteiger partial charge is 0.0436 e. The Morgan fingerprint density at radius 2 is 0.833 bits per heavy atom. The van der Waals surface area contributed by atoms with Crippen LogP contribution in [0.2, 0.25) is 0 Å². The first-order valence-corrected chi connectivity index (χ1v) is 13.6. The van der Waals surface area contributed by atoms with Crippen molar-refractivity contribution >= 4 is 0 Å². The van der Waals surface area contributed by atoms with E-state index in [-0.39, 0.29) is 25.2 Å². The second kappa shape index (κ2) is 19.6. The molecule has 0 amide bonds. The molecule has 1 rings (SSSR count). The van der Waals surface area contributed by atoms with Crippen molar-refractivity contribution < 1.29 is 15.3 Å². The number of aliphatic hydroxyl groups is 3. The lowest BCUT2D eigenvalue weighted by Crippen LogP contribution is -2.34. The summed E-state index contributed by atoms with van der Waals surface area (Å²) in [5.74, 6) is 0.427. The van der Waals surface area contributed by atoms with Gasteiger partial charge in [0, 0.05) is 19.8 Å². The van der Waals surface area contributed by atoms with Crippen molar-refractivity contribution in [3.63, 3.8) is 0 Å². The van der Waals surface area contributed by atoms with Crippen molar-refractivity contribution in [1.82, 2.24) is 0 Å². The van der Waals surface area contributed by atoms with Gasteiger partial charge in [-0.25, -0.2) is 0 Å². The molecule has 3 N–H and O–H groups in total. The molecule has 1 fully saturated rings. The highest BCUT2D eigenvalue weighted by molar-refractivity contribution is 4.86. The van der Waals surface area contributed by atoms with Gasteiger partial charge in [0.15, 0.2) is 0 Å². The van der Waals surface area contributed by atoms with Crippen molar-refractivity contribution in [2.45, 2.75) is 141 Å². The second-order valence-electron chi connectivity index (χ2n) is 10.1. The summed E-state index contributed by atoms with van der Waals surface area (Å²) in [5.41, 5.74) is 0.00494. The lowest BCUT2D eigenvalue weighted by Gasteiger charge is -2.41. The van der Waals surface area contributed by atoms with Gasteiger partial charge in [0.05, 0.1) is 0 Å². The van der Waals surface area contributed by atoms with Crippen LogP contribution in [-0.4, -0.2) is 35.1 Å². The normalized spacial score (nSPS) is 24.7. The summed E-state index contributed by atoms with van der Waals surface area (Å²) in [4.78, 5) is 0. The summed E-state index contributed by atoms with van der Waals surface area (Å²) < 4.78 is 0. The standard InChI is InChI=1S/C27H54O3/c28-23-19-26-18-16-14-12-10-8-6-4-2-1-3-5-7-9-11-13-15-17-20-27(26,21-24-29)22-25-30/h26,28-30H,1-25H2. The Balaban J connectivity index is 2.65. The predicted molar refractivity (Wildman–Crippen MR) is 129 cm³/mol. The minimum atomic E-state index is 0.00494. The number of hydrogen-bond acceptors (Lipinski definition) is 3. The fourth-order valence-electron chi connectivity index (χ4n) is 5.86. The van der Waals surface area contributed by atoms with Crippen LogP contribution < -0.4 is 0 Å². The first-order chi connectivity index (χ1) is 14.8. The molecule has 0 heterocycles. The number of aliphatic hydroxyl groups excluding tert-OH is 3. The van der Waals surface area contributed by atoms with E-state index >= 15 is 0 Å². The molecule has 3 heteroatoms. The summed E-state index contributed by atoms with van der Waals surface area (Å²) in [6.45, 7) is 0.618. The number of hydrogen-bond donors (Lipinski definition) is 3. The molecule has 1 atom stereocenters. The molecule has 0 aromatic heterocycles. The minimum Gasteiger partial charge on any atom is -0.396 e. The Morgan fingerprint density at radius 1 is 0.467 bits per heavy atom. The highest BCUT2D eigenvalue weighted by Gasteiger charge is 2.36. The molecule has 1 aliphatic rings. The molecule has 3 nitrogen and oxygen atoms in total. The maximum absolute atomic E-state index is 9.82. The molecule has 0 aromatic carbocycles. The maximum atomic E-state index is 9.82. The molecular formula is C27H54O3. The topological polar surface area (TPSA) is 60.7 Å². The first-order valence-electron chi connectivity index (χ1n) is 13.6. The Kier molecular flexibility index (Phi) is 18.2. The molecule has 1 saturated carbocycles. The molecule has 0 bridgehead atoms. The zero-order valence-electron chi connectivity index (χ0n) is 20.1. The van der Waals surface area contributed by atoms with E-state index in [1.165, 1.54) is 109 Å². The van der Waals surface area contributed by atoms with E-state index < -0.39 is 0 Å². The average Bonchev–Trinajstić information content (AvgIpc) is 2.74.